The molecule has 0 amide bonds. The highest BCUT2D eigenvalue weighted by Crippen LogP contribution is 2.13. The fourth-order valence-corrected chi connectivity index (χ4v) is 1.27. The van der Waals surface area contributed by atoms with Crippen LogP contribution in [0.1, 0.15) is 25.0 Å². The molecule has 2 nitrogen and oxygen atoms in total. The molecule has 78 valence electrons. The van der Waals surface area contributed by atoms with Crippen LogP contribution in [0.15, 0.2) is 18.2 Å². The minimum atomic E-state index is -0.522. The first-order valence-electron chi connectivity index (χ1n) is 4.73. The van der Waals surface area contributed by atoms with E-state index in [4.69, 9.17) is 5.26 Å². The molecule has 1 aromatic rings. The lowest BCUT2D eigenvalue weighted by atomic mass is 9.97. The molecule has 3 heteroatoms. The molecule has 1 rings (SSSR count). The van der Waals surface area contributed by atoms with Crippen LogP contribution in [0.25, 0.3) is 0 Å². The van der Waals surface area contributed by atoms with Gasteiger partial charge < -0.3 is 0 Å². The summed E-state index contributed by atoms with van der Waals surface area (Å²) in [5.74, 6) is -0.553. The first-order chi connectivity index (χ1) is 7.04. The number of benzene rings is 1. The van der Waals surface area contributed by atoms with Crippen molar-refractivity contribution in [3.8, 4) is 6.07 Å². The predicted octanol–water partition coefficient (Wildman–Crippen LogP) is 2.46. The van der Waals surface area contributed by atoms with Crippen molar-refractivity contribution in [2.24, 2.45) is 5.92 Å². The summed E-state index contributed by atoms with van der Waals surface area (Å²) in [6, 6.07) is 6.20. The van der Waals surface area contributed by atoms with E-state index in [0.29, 0.717) is 6.42 Å². The molecule has 0 spiro atoms. The second kappa shape index (κ2) is 4.70. The summed E-state index contributed by atoms with van der Waals surface area (Å²) in [5, 5.41) is 8.54. The number of nitriles is 1. The van der Waals surface area contributed by atoms with Crippen LogP contribution in [0.4, 0.5) is 4.39 Å². The second-order valence-electron chi connectivity index (χ2n) is 3.64. The van der Waals surface area contributed by atoms with Crippen molar-refractivity contribution in [3.63, 3.8) is 0 Å². The normalized spacial score (nSPS) is 11.9. The van der Waals surface area contributed by atoms with Gasteiger partial charge in [-0.2, -0.15) is 5.26 Å². The number of carbonyl (C=O) groups is 1. The maximum absolute atomic E-state index is 13.2. The number of rotatable bonds is 3. The standard InChI is InChI=1S/C12H12FNO/c1-8(9(2)15)5-10-3-4-11(7-14)12(13)6-10/h3-4,6,8H,5H2,1-2H3. The Morgan fingerprint density at radius 2 is 2.27 bits per heavy atom. The average Bonchev–Trinajstić information content (AvgIpc) is 2.18. The first-order valence-corrected chi connectivity index (χ1v) is 4.73. The number of halogens is 1. The van der Waals surface area contributed by atoms with Crippen molar-refractivity contribution < 1.29 is 9.18 Å². The van der Waals surface area contributed by atoms with Crippen molar-refractivity contribution >= 4 is 5.78 Å². The highest BCUT2D eigenvalue weighted by molar-refractivity contribution is 5.78. The molecule has 0 bridgehead atoms. The van der Waals surface area contributed by atoms with Crippen LogP contribution in [0.2, 0.25) is 0 Å². The summed E-state index contributed by atoms with van der Waals surface area (Å²) >= 11 is 0. The minimum Gasteiger partial charge on any atom is -0.300 e. The summed E-state index contributed by atoms with van der Waals surface area (Å²) in [6.45, 7) is 3.32. The zero-order chi connectivity index (χ0) is 11.4. The van der Waals surface area contributed by atoms with Crippen LogP contribution in [-0.4, -0.2) is 5.78 Å². The lowest BCUT2D eigenvalue weighted by molar-refractivity contribution is -0.120. The number of hydrogen-bond acceptors (Lipinski definition) is 2. The van der Waals surface area contributed by atoms with Gasteiger partial charge in [0.15, 0.2) is 0 Å². The van der Waals surface area contributed by atoms with Crippen LogP contribution in [-0.2, 0) is 11.2 Å². The molecule has 1 unspecified atom stereocenters. The highest BCUT2D eigenvalue weighted by atomic mass is 19.1. The molecule has 0 N–H and O–H groups in total. The second-order valence-corrected chi connectivity index (χ2v) is 3.64. The van der Waals surface area contributed by atoms with Crippen LogP contribution in [0, 0.1) is 23.1 Å². The lowest BCUT2D eigenvalue weighted by Gasteiger charge is -2.07. The van der Waals surface area contributed by atoms with Gasteiger partial charge in [0.05, 0.1) is 5.56 Å². The van der Waals surface area contributed by atoms with E-state index in [1.165, 1.54) is 19.1 Å². The third-order valence-corrected chi connectivity index (χ3v) is 2.39. The van der Waals surface area contributed by atoms with Crippen molar-refractivity contribution in [2.75, 3.05) is 0 Å². The number of Topliss-reactive ketones (excluding diaryl/α,β-unsaturated/α-hetero) is 1. The Morgan fingerprint density at radius 3 is 2.73 bits per heavy atom. The summed E-state index contributed by atoms with van der Waals surface area (Å²) in [6.07, 6.45) is 0.512. The molecule has 0 fully saturated rings. The van der Waals surface area contributed by atoms with E-state index in [0.717, 1.165) is 5.56 Å². The van der Waals surface area contributed by atoms with E-state index in [2.05, 4.69) is 0 Å². The Hall–Kier alpha value is -1.69. The van der Waals surface area contributed by atoms with Gasteiger partial charge in [-0.15, -0.1) is 0 Å². The number of nitrogens with zero attached hydrogens (tertiary/aromatic N) is 1. The molecule has 0 heterocycles. The van der Waals surface area contributed by atoms with Gasteiger partial charge in [-0.25, -0.2) is 4.39 Å². The molecule has 0 saturated carbocycles. The molecule has 0 aliphatic heterocycles. The van der Waals surface area contributed by atoms with Gasteiger partial charge in [-0.05, 0) is 31.0 Å². The van der Waals surface area contributed by atoms with Crippen LogP contribution >= 0.6 is 0 Å². The molecule has 0 saturated heterocycles. The summed E-state index contributed by atoms with van der Waals surface area (Å²) in [4.78, 5) is 11.0. The van der Waals surface area contributed by atoms with E-state index in [1.807, 2.05) is 0 Å². The van der Waals surface area contributed by atoms with Gasteiger partial charge in [-0.3, -0.25) is 4.79 Å². The van der Waals surface area contributed by atoms with Gasteiger partial charge in [0.25, 0.3) is 0 Å². The van der Waals surface area contributed by atoms with Crippen LogP contribution in [0.3, 0.4) is 0 Å². The fourth-order valence-electron chi connectivity index (χ4n) is 1.27. The molecule has 0 radical (unpaired) electrons. The van der Waals surface area contributed by atoms with E-state index >= 15 is 0 Å². The predicted molar refractivity (Wildman–Crippen MR) is 54.7 cm³/mol. The summed E-state index contributed by atoms with van der Waals surface area (Å²) in [5.41, 5.74) is 0.781. The van der Waals surface area contributed by atoms with E-state index < -0.39 is 5.82 Å². The molecule has 1 aromatic carbocycles. The smallest absolute Gasteiger partial charge is 0.141 e. The minimum absolute atomic E-state index is 0.0363. The van der Waals surface area contributed by atoms with Crippen molar-refractivity contribution in [2.45, 2.75) is 20.3 Å². The Bertz CT molecular complexity index is 420. The van der Waals surface area contributed by atoms with Gasteiger partial charge in [-0.1, -0.05) is 13.0 Å². The summed E-state index contributed by atoms with van der Waals surface area (Å²) in [7, 11) is 0. The zero-order valence-corrected chi connectivity index (χ0v) is 8.75. The van der Waals surface area contributed by atoms with Crippen molar-refractivity contribution in [1.29, 1.82) is 5.26 Å². The maximum Gasteiger partial charge on any atom is 0.141 e. The molecule has 0 aliphatic rings. The van der Waals surface area contributed by atoms with Gasteiger partial charge >= 0.3 is 0 Å². The molecule has 15 heavy (non-hydrogen) atoms. The summed E-state index contributed by atoms with van der Waals surface area (Å²) < 4.78 is 13.2. The topological polar surface area (TPSA) is 40.9 Å². The monoisotopic (exact) mass is 205 g/mol. The molecule has 0 aliphatic carbocycles. The molecule has 0 aromatic heterocycles. The Labute approximate surface area is 88.3 Å². The van der Waals surface area contributed by atoms with Crippen molar-refractivity contribution in [3.05, 3.63) is 35.1 Å². The SMILES string of the molecule is CC(=O)C(C)Cc1ccc(C#N)c(F)c1. The van der Waals surface area contributed by atoms with E-state index in [9.17, 15) is 9.18 Å². The largest absolute Gasteiger partial charge is 0.300 e. The number of ketones is 1. The first kappa shape index (κ1) is 11.4. The fraction of sp³-hybridized carbons (Fsp3) is 0.333. The average molecular weight is 205 g/mol. The third-order valence-electron chi connectivity index (χ3n) is 2.39. The van der Waals surface area contributed by atoms with Gasteiger partial charge in [0, 0.05) is 5.92 Å². The van der Waals surface area contributed by atoms with Crippen LogP contribution < -0.4 is 0 Å². The Kier molecular flexibility index (Phi) is 3.56. The number of hydrogen-bond donors (Lipinski definition) is 0. The lowest BCUT2D eigenvalue weighted by Crippen LogP contribution is -2.09. The maximum atomic E-state index is 13.2. The van der Waals surface area contributed by atoms with Crippen molar-refractivity contribution in [1.82, 2.24) is 0 Å². The third kappa shape index (κ3) is 2.88. The van der Waals surface area contributed by atoms with Gasteiger partial charge in [0.1, 0.15) is 17.7 Å². The Balaban J connectivity index is 2.85. The number of carbonyl (C=O) groups excluding carboxylic acids is 1. The van der Waals surface area contributed by atoms with Crippen LogP contribution in [0.5, 0.6) is 0 Å². The highest BCUT2D eigenvalue weighted by Gasteiger charge is 2.10. The molecular weight excluding hydrogens is 193 g/mol. The zero-order valence-electron chi connectivity index (χ0n) is 8.75. The van der Waals surface area contributed by atoms with E-state index in [1.54, 1.807) is 19.1 Å². The molecular formula is C12H12FNO. The van der Waals surface area contributed by atoms with E-state index in [-0.39, 0.29) is 17.3 Å². The Morgan fingerprint density at radius 1 is 1.60 bits per heavy atom. The van der Waals surface area contributed by atoms with Gasteiger partial charge in [0.2, 0.25) is 0 Å². The molecule has 1 atom stereocenters. The quantitative estimate of drug-likeness (QED) is 0.760.